The Morgan fingerprint density at radius 1 is 1.26 bits per heavy atom. The van der Waals surface area contributed by atoms with Crippen molar-refractivity contribution in [1.82, 2.24) is 10.6 Å². The van der Waals surface area contributed by atoms with Gasteiger partial charge in [-0.15, -0.1) is 0 Å². The highest BCUT2D eigenvalue weighted by atomic mass is 16.6. The van der Waals surface area contributed by atoms with E-state index in [1.165, 1.54) is 5.56 Å². The van der Waals surface area contributed by atoms with Gasteiger partial charge in [0, 0.05) is 5.54 Å². The third-order valence-electron chi connectivity index (χ3n) is 3.42. The van der Waals surface area contributed by atoms with Crippen LogP contribution in [-0.2, 0) is 4.74 Å². The van der Waals surface area contributed by atoms with E-state index in [9.17, 15) is 9.90 Å². The smallest absolute Gasteiger partial charge is 0.407 e. The summed E-state index contributed by atoms with van der Waals surface area (Å²) in [5, 5.41) is 15.9. The third-order valence-corrected chi connectivity index (χ3v) is 3.42. The lowest BCUT2D eigenvalue weighted by Gasteiger charge is -2.32. The van der Waals surface area contributed by atoms with Crippen LogP contribution < -0.4 is 10.6 Å². The van der Waals surface area contributed by atoms with E-state index in [0.717, 1.165) is 13.1 Å². The van der Waals surface area contributed by atoms with Crippen molar-refractivity contribution in [3.8, 4) is 0 Å². The van der Waals surface area contributed by atoms with E-state index in [2.05, 4.69) is 29.7 Å². The number of hydrogen-bond donors (Lipinski definition) is 3. The molecule has 0 saturated carbocycles. The summed E-state index contributed by atoms with van der Waals surface area (Å²) in [6.07, 6.45) is 0.769. The minimum Gasteiger partial charge on any atom is -0.446 e. The van der Waals surface area contributed by atoms with Crippen molar-refractivity contribution in [3.63, 3.8) is 0 Å². The molecule has 5 heteroatoms. The molecule has 1 aliphatic heterocycles. The van der Waals surface area contributed by atoms with E-state index in [1.807, 2.05) is 39.0 Å². The van der Waals surface area contributed by atoms with Gasteiger partial charge in [-0.05, 0) is 53.6 Å². The molecule has 1 aromatic carbocycles. The lowest BCUT2D eigenvalue weighted by Crippen LogP contribution is -2.48. The van der Waals surface area contributed by atoms with Crippen LogP contribution in [0.2, 0.25) is 0 Å². The van der Waals surface area contributed by atoms with Crippen molar-refractivity contribution in [2.45, 2.75) is 51.7 Å². The second kappa shape index (κ2) is 8.89. The molecular formula is C18H30N2O3. The van der Waals surface area contributed by atoms with E-state index in [-0.39, 0.29) is 12.1 Å². The van der Waals surface area contributed by atoms with Crippen LogP contribution in [0.25, 0.3) is 0 Å². The van der Waals surface area contributed by atoms with Crippen LogP contribution in [0.15, 0.2) is 30.3 Å². The predicted octanol–water partition coefficient (Wildman–Crippen LogP) is 2.62. The van der Waals surface area contributed by atoms with E-state index >= 15 is 0 Å². The molecule has 2 rings (SSSR count). The summed E-state index contributed by atoms with van der Waals surface area (Å²) in [5.74, 6) is 0. The van der Waals surface area contributed by atoms with E-state index in [0.29, 0.717) is 12.8 Å². The number of ether oxygens (including phenoxy) is 1. The van der Waals surface area contributed by atoms with Gasteiger partial charge in [-0.25, -0.2) is 4.79 Å². The Bertz CT molecular complexity index is 463. The molecule has 3 N–H and O–H groups in total. The molecule has 0 aliphatic carbocycles. The topological polar surface area (TPSA) is 70.6 Å². The lowest BCUT2D eigenvalue weighted by molar-refractivity contribution is -0.0431. The second-order valence-corrected chi connectivity index (χ2v) is 7.08. The Balaban J connectivity index is 0.000000313. The van der Waals surface area contributed by atoms with Crippen molar-refractivity contribution in [2.75, 3.05) is 19.7 Å². The molecule has 5 nitrogen and oxygen atoms in total. The number of amides is 1. The van der Waals surface area contributed by atoms with Gasteiger partial charge < -0.3 is 20.5 Å². The zero-order valence-electron chi connectivity index (χ0n) is 14.7. The zero-order valence-corrected chi connectivity index (χ0v) is 14.7. The van der Waals surface area contributed by atoms with Crippen molar-refractivity contribution >= 4 is 6.09 Å². The van der Waals surface area contributed by atoms with Crippen molar-refractivity contribution in [3.05, 3.63) is 35.9 Å². The summed E-state index contributed by atoms with van der Waals surface area (Å²) in [7, 11) is 0. The number of hydrogen-bond acceptors (Lipinski definition) is 4. The molecule has 23 heavy (non-hydrogen) atoms. The van der Waals surface area contributed by atoms with Crippen LogP contribution in [0.4, 0.5) is 4.79 Å². The molecule has 0 spiro atoms. The maximum Gasteiger partial charge on any atom is 0.407 e. The van der Waals surface area contributed by atoms with Crippen LogP contribution in [0.5, 0.6) is 0 Å². The van der Waals surface area contributed by atoms with Gasteiger partial charge in [-0.3, -0.25) is 0 Å². The molecule has 130 valence electrons. The molecule has 0 bridgehead atoms. The van der Waals surface area contributed by atoms with Gasteiger partial charge in [0.1, 0.15) is 12.2 Å². The fourth-order valence-corrected chi connectivity index (χ4v) is 2.11. The molecule has 1 heterocycles. The predicted molar refractivity (Wildman–Crippen MR) is 92.5 cm³/mol. The maximum absolute atomic E-state index is 11.4. The van der Waals surface area contributed by atoms with Gasteiger partial charge in [0.15, 0.2) is 0 Å². The number of rotatable bonds is 2. The summed E-state index contributed by atoms with van der Waals surface area (Å²) in [4.78, 5) is 11.4. The van der Waals surface area contributed by atoms with Crippen molar-refractivity contribution in [1.29, 1.82) is 0 Å². The van der Waals surface area contributed by atoms with Gasteiger partial charge in [-0.2, -0.15) is 0 Å². The fourth-order valence-electron chi connectivity index (χ4n) is 2.11. The van der Waals surface area contributed by atoms with Gasteiger partial charge in [0.2, 0.25) is 0 Å². The zero-order chi connectivity index (χ0) is 17.3. The van der Waals surface area contributed by atoms with Crippen LogP contribution in [0.3, 0.4) is 0 Å². The van der Waals surface area contributed by atoms with E-state index in [4.69, 9.17) is 4.74 Å². The standard InChI is InChI=1S/C11H22N2O3.C7H8/c1-10(2,3)13-9(14)16-8-11(15)4-6-12-7-5-11;1-7-5-3-2-4-6-7/h12,15H,4-8H2,1-3H3,(H,13,14);2-6H,1H3. The first kappa shape index (κ1) is 19.5. The monoisotopic (exact) mass is 322 g/mol. The minimum absolute atomic E-state index is 0.0661. The average molecular weight is 322 g/mol. The van der Waals surface area contributed by atoms with Gasteiger partial charge in [0.25, 0.3) is 0 Å². The number of piperidine rings is 1. The molecule has 1 fully saturated rings. The second-order valence-electron chi connectivity index (χ2n) is 7.08. The Morgan fingerprint density at radius 2 is 1.83 bits per heavy atom. The highest BCUT2D eigenvalue weighted by Crippen LogP contribution is 2.18. The highest BCUT2D eigenvalue weighted by molar-refractivity contribution is 5.68. The number of carbonyl (C=O) groups excluding carboxylic acids is 1. The fraction of sp³-hybridized carbons (Fsp3) is 0.611. The molecular weight excluding hydrogens is 292 g/mol. The molecule has 1 aliphatic rings. The van der Waals surface area contributed by atoms with Crippen LogP contribution >= 0.6 is 0 Å². The molecule has 0 atom stereocenters. The quantitative estimate of drug-likeness (QED) is 0.783. The first-order valence-electron chi connectivity index (χ1n) is 8.10. The summed E-state index contributed by atoms with van der Waals surface area (Å²) in [6, 6.07) is 10.3. The molecule has 1 aromatic rings. The first-order chi connectivity index (χ1) is 10.7. The first-order valence-corrected chi connectivity index (χ1v) is 8.10. The van der Waals surface area contributed by atoms with Crippen LogP contribution in [0.1, 0.15) is 39.2 Å². The van der Waals surface area contributed by atoms with Crippen LogP contribution in [0, 0.1) is 6.92 Å². The number of aryl methyl sites for hydroxylation is 1. The number of aliphatic hydroxyl groups is 1. The van der Waals surface area contributed by atoms with Gasteiger partial charge >= 0.3 is 6.09 Å². The summed E-state index contributed by atoms with van der Waals surface area (Å²) >= 11 is 0. The van der Waals surface area contributed by atoms with Gasteiger partial charge in [-0.1, -0.05) is 35.9 Å². The molecule has 1 amide bonds. The molecule has 0 unspecified atom stereocenters. The number of alkyl carbamates (subject to hydrolysis) is 1. The average Bonchev–Trinajstić information content (AvgIpc) is 2.46. The van der Waals surface area contributed by atoms with Gasteiger partial charge in [0.05, 0.1) is 0 Å². The summed E-state index contributed by atoms with van der Waals surface area (Å²) < 4.78 is 5.03. The van der Waals surface area contributed by atoms with Crippen molar-refractivity contribution < 1.29 is 14.6 Å². The van der Waals surface area contributed by atoms with Crippen LogP contribution in [-0.4, -0.2) is 42.0 Å². The largest absolute Gasteiger partial charge is 0.446 e. The number of benzene rings is 1. The molecule has 0 aromatic heterocycles. The van der Waals surface area contributed by atoms with E-state index in [1.54, 1.807) is 0 Å². The Kier molecular flexibility index (Phi) is 7.52. The summed E-state index contributed by atoms with van der Waals surface area (Å²) in [6.45, 7) is 9.33. The maximum atomic E-state index is 11.4. The normalized spacial score (nSPS) is 16.7. The lowest BCUT2D eigenvalue weighted by atomic mass is 9.94. The van der Waals surface area contributed by atoms with Crippen molar-refractivity contribution in [2.24, 2.45) is 0 Å². The Morgan fingerprint density at radius 3 is 2.26 bits per heavy atom. The number of carbonyl (C=O) groups is 1. The summed E-state index contributed by atoms with van der Waals surface area (Å²) in [5.41, 5.74) is 0.149. The third kappa shape index (κ3) is 9.21. The Labute approximate surface area is 139 Å². The molecule has 0 radical (unpaired) electrons. The highest BCUT2D eigenvalue weighted by Gasteiger charge is 2.31. The SMILES string of the molecule is CC(C)(C)NC(=O)OCC1(O)CCNCC1.Cc1ccccc1. The van der Waals surface area contributed by atoms with E-state index < -0.39 is 11.7 Å². The minimum atomic E-state index is -0.861. The Hall–Kier alpha value is -1.59. The molecule has 1 saturated heterocycles. The number of nitrogens with one attached hydrogen (secondary N) is 2.